The molecular weight excluding hydrogens is 274 g/mol. The van der Waals surface area contributed by atoms with E-state index in [4.69, 9.17) is 16.3 Å². The SMILES string of the molecule is CCOC(=O)c1nnn(Cc2nonc2C)c1CCl. The van der Waals surface area contributed by atoms with Crippen LogP contribution in [0.5, 0.6) is 0 Å². The molecule has 0 saturated heterocycles. The summed E-state index contributed by atoms with van der Waals surface area (Å²) >= 11 is 5.83. The summed E-state index contributed by atoms with van der Waals surface area (Å²) in [5.41, 5.74) is 1.84. The minimum Gasteiger partial charge on any atom is -0.461 e. The molecule has 2 heterocycles. The van der Waals surface area contributed by atoms with Crippen LogP contribution < -0.4 is 0 Å². The third-order valence-electron chi connectivity index (χ3n) is 2.48. The summed E-state index contributed by atoms with van der Waals surface area (Å²) in [6.07, 6.45) is 0. The monoisotopic (exact) mass is 285 g/mol. The van der Waals surface area contributed by atoms with Crippen molar-refractivity contribution < 1.29 is 14.2 Å². The van der Waals surface area contributed by atoms with Crippen molar-refractivity contribution in [3.8, 4) is 0 Å². The van der Waals surface area contributed by atoms with Crippen LogP contribution in [0.2, 0.25) is 0 Å². The molecule has 0 aliphatic carbocycles. The van der Waals surface area contributed by atoms with Crippen molar-refractivity contribution in [3.05, 3.63) is 22.8 Å². The Bertz CT molecular complexity index is 579. The van der Waals surface area contributed by atoms with Gasteiger partial charge in [-0.2, -0.15) is 0 Å². The first-order valence-electron chi connectivity index (χ1n) is 5.60. The van der Waals surface area contributed by atoms with E-state index >= 15 is 0 Å². The second kappa shape index (κ2) is 5.79. The van der Waals surface area contributed by atoms with E-state index in [1.807, 2.05) is 0 Å². The van der Waals surface area contributed by atoms with Gasteiger partial charge in [-0.25, -0.2) is 14.1 Å². The largest absolute Gasteiger partial charge is 0.461 e. The lowest BCUT2D eigenvalue weighted by Crippen LogP contribution is -2.11. The van der Waals surface area contributed by atoms with Gasteiger partial charge < -0.3 is 4.74 Å². The van der Waals surface area contributed by atoms with Gasteiger partial charge in [0.2, 0.25) is 0 Å². The molecule has 0 atom stereocenters. The summed E-state index contributed by atoms with van der Waals surface area (Å²) in [7, 11) is 0. The van der Waals surface area contributed by atoms with Gasteiger partial charge >= 0.3 is 5.97 Å². The Kier molecular flexibility index (Phi) is 4.10. The number of alkyl halides is 1. The highest BCUT2D eigenvalue weighted by molar-refractivity contribution is 6.17. The predicted molar refractivity (Wildman–Crippen MR) is 63.7 cm³/mol. The first kappa shape index (κ1) is 13.5. The maximum Gasteiger partial charge on any atom is 0.360 e. The molecule has 102 valence electrons. The minimum absolute atomic E-state index is 0.0888. The summed E-state index contributed by atoms with van der Waals surface area (Å²) in [5, 5.41) is 15.1. The van der Waals surface area contributed by atoms with Gasteiger partial charge in [0.1, 0.15) is 11.4 Å². The highest BCUT2D eigenvalue weighted by Gasteiger charge is 2.21. The van der Waals surface area contributed by atoms with Crippen molar-refractivity contribution in [1.82, 2.24) is 25.3 Å². The van der Waals surface area contributed by atoms with Gasteiger partial charge in [-0.3, -0.25) is 0 Å². The summed E-state index contributed by atoms with van der Waals surface area (Å²) < 4.78 is 11.0. The molecule has 8 nitrogen and oxygen atoms in total. The van der Waals surface area contributed by atoms with Crippen LogP contribution in [-0.4, -0.2) is 37.9 Å². The Balaban J connectivity index is 2.27. The van der Waals surface area contributed by atoms with Crippen LogP contribution in [0, 0.1) is 6.92 Å². The van der Waals surface area contributed by atoms with Gasteiger partial charge in [-0.1, -0.05) is 15.5 Å². The number of esters is 1. The average molecular weight is 286 g/mol. The molecule has 0 N–H and O–H groups in total. The lowest BCUT2D eigenvalue weighted by atomic mass is 10.3. The van der Waals surface area contributed by atoms with Crippen LogP contribution in [0.25, 0.3) is 0 Å². The maximum absolute atomic E-state index is 11.7. The van der Waals surface area contributed by atoms with E-state index in [0.29, 0.717) is 17.1 Å². The molecule has 2 aromatic rings. The summed E-state index contributed by atoms with van der Waals surface area (Å²) in [4.78, 5) is 11.7. The minimum atomic E-state index is -0.542. The molecule has 0 aliphatic heterocycles. The second-order valence-corrected chi connectivity index (χ2v) is 3.96. The van der Waals surface area contributed by atoms with E-state index in [-0.39, 0.29) is 24.7 Å². The maximum atomic E-state index is 11.7. The normalized spacial score (nSPS) is 10.7. The third kappa shape index (κ3) is 2.73. The zero-order valence-corrected chi connectivity index (χ0v) is 11.2. The number of carbonyl (C=O) groups excluding carboxylic acids is 1. The van der Waals surface area contributed by atoms with E-state index in [0.717, 1.165) is 0 Å². The van der Waals surface area contributed by atoms with Crippen molar-refractivity contribution in [2.45, 2.75) is 26.3 Å². The molecular formula is C10H12ClN5O3. The molecule has 0 bridgehead atoms. The average Bonchev–Trinajstić information content (AvgIpc) is 2.97. The number of nitrogens with zero attached hydrogens (tertiary/aromatic N) is 5. The summed E-state index contributed by atoms with van der Waals surface area (Å²) in [5.74, 6) is -0.453. The van der Waals surface area contributed by atoms with Gasteiger partial charge in [0.25, 0.3) is 0 Å². The number of hydrogen-bond acceptors (Lipinski definition) is 7. The zero-order chi connectivity index (χ0) is 13.8. The quantitative estimate of drug-likeness (QED) is 0.595. The lowest BCUT2D eigenvalue weighted by molar-refractivity contribution is 0.0518. The Labute approximate surface area is 113 Å². The highest BCUT2D eigenvalue weighted by Crippen LogP contribution is 2.13. The molecule has 0 amide bonds. The fourth-order valence-electron chi connectivity index (χ4n) is 1.48. The van der Waals surface area contributed by atoms with E-state index in [1.54, 1.807) is 13.8 Å². The van der Waals surface area contributed by atoms with E-state index in [2.05, 4.69) is 25.3 Å². The fraction of sp³-hybridized carbons (Fsp3) is 0.500. The molecule has 0 spiro atoms. The number of ether oxygens (including phenoxy) is 1. The first-order valence-corrected chi connectivity index (χ1v) is 6.14. The third-order valence-corrected chi connectivity index (χ3v) is 2.73. The van der Waals surface area contributed by atoms with Crippen LogP contribution in [0.3, 0.4) is 0 Å². The van der Waals surface area contributed by atoms with E-state index in [1.165, 1.54) is 4.68 Å². The zero-order valence-electron chi connectivity index (χ0n) is 10.5. The van der Waals surface area contributed by atoms with Crippen molar-refractivity contribution in [3.63, 3.8) is 0 Å². The lowest BCUT2D eigenvalue weighted by Gasteiger charge is -2.03. The number of aryl methyl sites for hydroxylation is 1. The Hall–Kier alpha value is -1.96. The molecule has 0 radical (unpaired) electrons. The van der Waals surface area contributed by atoms with Gasteiger partial charge in [0.05, 0.1) is 24.7 Å². The smallest absolute Gasteiger partial charge is 0.360 e. The topological polar surface area (TPSA) is 95.9 Å². The predicted octanol–water partition coefficient (Wildman–Crippen LogP) is 0.933. The van der Waals surface area contributed by atoms with E-state index < -0.39 is 5.97 Å². The van der Waals surface area contributed by atoms with Crippen molar-refractivity contribution >= 4 is 17.6 Å². The molecule has 0 unspecified atom stereocenters. The van der Waals surface area contributed by atoms with Crippen molar-refractivity contribution in [1.29, 1.82) is 0 Å². The molecule has 2 rings (SSSR count). The Morgan fingerprint density at radius 2 is 2.26 bits per heavy atom. The van der Waals surface area contributed by atoms with Crippen molar-refractivity contribution in [2.75, 3.05) is 6.61 Å². The van der Waals surface area contributed by atoms with Gasteiger partial charge in [-0.15, -0.1) is 16.7 Å². The number of halogens is 1. The molecule has 0 aliphatic rings. The summed E-state index contributed by atoms with van der Waals surface area (Å²) in [6, 6.07) is 0. The molecule has 9 heteroatoms. The standard InChI is InChI=1S/C10H12ClN5O3/c1-3-18-10(17)9-8(4-11)16(15-12-9)5-7-6(2)13-19-14-7/h3-5H2,1-2H3. The van der Waals surface area contributed by atoms with E-state index in [9.17, 15) is 4.79 Å². The van der Waals surface area contributed by atoms with Crippen LogP contribution in [0.4, 0.5) is 0 Å². The van der Waals surface area contributed by atoms with Crippen LogP contribution in [0.15, 0.2) is 4.63 Å². The highest BCUT2D eigenvalue weighted by atomic mass is 35.5. The molecule has 0 saturated carbocycles. The number of carbonyl (C=O) groups is 1. The number of aromatic nitrogens is 5. The molecule has 0 aromatic carbocycles. The number of rotatable bonds is 5. The van der Waals surface area contributed by atoms with Crippen LogP contribution in [0.1, 0.15) is 34.5 Å². The molecule has 0 fully saturated rings. The summed E-state index contributed by atoms with van der Waals surface area (Å²) in [6.45, 7) is 4.02. The van der Waals surface area contributed by atoms with Gasteiger partial charge in [-0.05, 0) is 13.8 Å². The Morgan fingerprint density at radius 1 is 1.47 bits per heavy atom. The van der Waals surface area contributed by atoms with Gasteiger partial charge in [0, 0.05) is 0 Å². The van der Waals surface area contributed by atoms with Crippen LogP contribution in [-0.2, 0) is 17.2 Å². The molecule has 19 heavy (non-hydrogen) atoms. The number of hydrogen-bond donors (Lipinski definition) is 0. The molecule has 2 aromatic heterocycles. The van der Waals surface area contributed by atoms with Crippen LogP contribution >= 0.6 is 11.6 Å². The fourth-order valence-corrected chi connectivity index (χ4v) is 1.75. The second-order valence-electron chi connectivity index (χ2n) is 3.69. The first-order chi connectivity index (χ1) is 9.17. The Morgan fingerprint density at radius 3 is 2.84 bits per heavy atom. The van der Waals surface area contributed by atoms with Gasteiger partial charge in [0.15, 0.2) is 5.69 Å². The van der Waals surface area contributed by atoms with Crippen molar-refractivity contribution in [2.24, 2.45) is 0 Å².